The Hall–Kier alpha value is -1.63. The number of likely N-dealkylation sites (tertiary alicyclic amines) is 1. The number of hydrogen-bond donors (Lipinski definition) is 0. The minimum atomic E-state index is -0.485. The average molecular weight is 283 g/mol. The van der Waals surface area contributed by atoms with E-state index < -0.39 is 11.2 Å². The highest BCUT2D eigenvalue weighted by Crippen LogP contribution is 2.27. The third-order valence-corrected chi connectivity index (χ3v) is 3.04. The molecule has 1 amide bonds. The molecule has 0 N–H and O–H groups in total. The molecule has 2 rings (SSSR count). The molecule has 1 saturated heterocycles. The van der Waals surface area contributed by atoms with Gasteiger partial charge < -0.3 is 18.9 Å². The molecule has 7 nitrogen and oxygen atoms in total. The van der Waals surface area contributed by atoms with E-state index in [2.05, 4.69) is 14.7 Å². The van der Waals surface area contributed by atoms with Crippen molar-refractivity contribution in [3.63, 3.8) is 0 Å². The third-order valence-electron chi connectivity index (χ3n) is 3.04. The number of carbonyl (C=O) groups is 1. The quantitative estimate of drug-likeness (QED) is 0.844. The van der Waals surface area contributed by atoms with Gasteiger partial charge in [0, 0.05) is 6.54 Å². The van der Waals surface area contributed by atoms with E-state index in [4.69, 9.17) is 9.47 Å². The van der Waals surface area contributed by atoms with Gasteiger partial charge >= 0.3 is 6.09 Å². The van der Waals surface area contributed by atoms with Gasteiger partial charge in [0.2, 0.25) is 6.39 Å². The highest BCUT2D eigenvalue weighted by molar-refractivity contribution is 5.68. The van der Waals surface area contributed by atoms with Gasteiger partial charge in [-0.2, -0.15) is 4.98 Å². The van der Waals surface area contributed by atoms with Crippen molar-refractivity contribution in [1.29, 1.82) is 0 Å². The van der Waals surface area contributed by atoms with Crippen molar-refractivity contribution in [1.82, 2.24) is 15.0 Å². The molecular formula is C13H21N3O4. The summed E-state index contributed by atoms with van der Waals surface area (Å²) in [5, 5.41) is 3.69. The molecule has 0 aromatic carbocycles. The summed E-state index contributed by atoms with van der Waals surface area (Å²) in [7, 11) is 0. The Kier molecular flexibility index (Phi) is 3.99. The number of amides is 1. The van der Waals surface area contributed by atoms with Crippen LogP contribution in [-0.2, 0) is 16.1 Å². The molecule has 1 aromatic rings. The zero-order valence-corrected chi connectivity index (χ0v) is 12.4. The minimum absolute atomic E-state index is 0.273. The summed E-state index contributed by atoms with van der Waals surface area (Å²) in [4.78, 5) is 17.6. The Morgan fingerprint density at radius 2 is 2.30 bits per heavy atom. The number of rotatable bonds is 3. The third kappa shape index (κ3) is 3.93. The van der Waals surface area contributed by atoms with Gasteiger partial charge in [0.15, 0.2) is 5.82 Å². The predicted molar refractivity (Wildman–Crippen MR) is 69.9 cm³/mol. The van der Waals surface area contributed by atoms with Crippen molar-refractivity contribution in [3.05, 3.63) is 12.2 Å². The van der Waals surface area contributed by atoms with Crippen LogP contribution in [0.4, 0.5) is 4.79 Å². The molecule has 0 saturated carbocycles. The number of aromatic nitrogens is 2. The molecule has 2 heterocycles. The molecule has 1 unspecified atom stereocenters. The lowest BCUT2D eigenvalue weighted by Gasteiger charge is -2.27. The fourth-order valence-electron chi connectivity index (χ4n) is 2.03. The standard InChI is InChI=1S/C13H21N3O4/c1-12(2,3)20-11(17)16-6-5-13(4,8-16)18-7-10-14-9-19-15-10/h9H,5-8H2,1-4H3. The number of nitrogens with zero attached hydrogens (tertiary/aromatic N) is 3. The summed E-state index contributed by atoms with van der Waals surface area (Å²) < 4.78 is 15.8. The highest BCUT2D eigenvalue weighted by atomic mass is 16.6. The Morgan fingerprint density at radius 1 is 1.55 bits per heavy atom. The van der Waals surface area contributed by atoms with Crippen LogP contribution >= 0.6 is 0 Å². The zero-order chi connectivity index (χ0) is 14.8. The maximum atomic E-state index is 12.0. The average Bonchev–Trinajstić information content (AvgIpc) is 2.94. The van der Waals surface area contributed by atoms with E-state index in [9.17, 15) is 4.79 Å². The van der Waals surface area contributed by atoms with Crippen molar-refractivity contribution in [2.45, 2.75) is 51.9 Å². The molecule has 1 aliphatic heterocycles. The molecule has 1 fully saturated rings. The molecule has 1 atom stereocenters. The van der Waals surface area contributed by atoms with E-state index in [1.54, 1.807) is 4.90 Å². The first kappa shape index (κ1) is 14.8. The molecule has 7 heteroatoms. The smallest absolute Gasteiger partial charge is 0.410 e. The maximum Gasteiger partial charge on any atom is 0.410 e. The first-order chi connectivity index (χ1) is 9.27. The molecule has 0 bridgehead atoms. The number of hydrogen-bond acceptors (Lipinski definition) is 6. The van der Waals surface area contributed by atoms with Crippen LogP contribution in [0.5, 0.6) is 0 Å². The van der Waals surface area contributed by atoms with Crippen molar-refractivity contribution in [3.8, 4) is 0 Å². The van der Waals surface area contributed by atoms with Crippen LogP contribution in [0.1, 0.15) is 39.9 Å². The Balaban J connectivity index is 1.85. The summed E-state index contributed by atoms with van der Waals surface area (Å²) in [6.07, 6.45) is 1.72. The maximum absolute atomic E-state index is 12.0. The number of ether oxygens (including phenoxy) is 2. The van der Waals surface area contributed by atoms with Gasteiger partial charge in [-0.25, -0.2) is 4.79 Å². The van der Waals surface area contributed by atoms with Gasteiger partial charge in [0.1, 0.15) is 12.2 Å². The van der Waals surface area contributed by atoms with Crippen LogP contribution in [0, 0.1) is 0 Å². The van der Waals surface area contributed by atoms with Crippen LogP contribution in [0.15, 0.2) is 10.9 Å². The van der Waals surface area contributed by atoms with E-state index in [1.807, 2.05) is 27.7 Å². The summed E-state index contributed by atoms with van der Waals surface area (Å²) in [5.74, 6) is 0.502. The normalized spacial score (nSPS) is 23.1. The molecular weight excluding hydrogens is 262 g/mol. The first-order valence-corrected chi connectivity index (χ1v) is 6.65. The lowest BCUT2D eigenvalue weighted by molar-refractivity contribution is -0.0405. The van der Waals surface area contributed by atoms with E-state index in [0.29, 0.717) is 18.9 Å². The van der Waals surface area contributed by atoms with E-state index in [0.717, 1.165) is 6.42 Å². The highest BCUT2D eigenvalue weighted by Gasteiger charge is 2.38. The molecule has 20 heavy (non-hydrogen) atoms. The SMILES string of the molecule is CC(C)(C)OC(=O)N1CCC(C)(OCc2ncon2)C1. The fourth-order valence-corrected chi connectivity index (χ4v) is 2.03. The van der Waals surface area contributed by atoms with Gasteiger partial charge in [0.05, 0.1) is 12.1 Å². The molecule has 0 spiro atoms. The van der Waals surface area contributed by atoms with Crippen molar-refractivity contribution in [2.24, 2.45) is 0 Å². The molecule has 0 radical (unpaired) electrons. The predicted octanol–water partition coefficient (Wildman–Crippen LogP) is 1.99. The zero-order valence-electron chi connectivity index (χ0n) is 12.4. The van der Waals surface area contributed by atoms with Gasteiger partial charge in [-0.3, -0.25) is 0 Å². The van der Waals surface area contributed by atoms with Crippen molar-refractivity contribution in [2.75, 3.05) is 13.1 Å². The van der Waals surface area contributed by atoms with Gasteiger partial charge in [0.25, 0.3) is 0 Å². The summed E-state index contributed by atoms with van der Waals surface area (Å²) in [5.41, 5.74) is -0.890. The summed E-state index contributed by atoms with van der Waals surface area (Å²) in [6, 6.07) is 0. The van der Waals surface area contributed by atoms with Gasteiger partial charge in [-0.1, -0.05) is 5.16 Å². The molecule has 112 valence electrons. The van der Waals surface area contributed by atoms with E-state index in [1.165, 1.54) is 6.39 Å². The van der Waals surface area contributed by atoms with Crippen molar-refractivity contribution >= 4 is 6.09 Å². The molecule has 1 aliphatic rings. The Labute approximate surface area is 118 Å². The summed E-state index contributed by atoms with van der Waals surface area (Å²) in [6.45, 7) is 8.93. The van der Waals surface area contributed by atoms with Crippen LogP contribution in [0.25, 0.3) is 0 Å². The second-order valence-electron chi connectivity index (χ2n) is 6.24. The minimum Gasteiger partial charge on any atom is -0.444 e. The lowest BCUT2D eigenvalue weighted by atomic mass is 10.1. The molecule has 0 aliphatic carbocycles. The lowest BCUT2D eigenvalue weighted by Crippen LogP contribution is -2.39. The Morgan fingerprint density at radius 3 is 2.90 bits per heavy atom. The first-order valence-electron chi connectivity index (χ1n) is 6.65. The largest absolute Gasteiger partial charge is 0.444 e. The number of carbonyl (C=O) groups excluding carboxylic acids is 1. The van der Waals surface area contributed by atoms with Crippen LogP contribution in [0.3, 0.4) is 0 Å². The van der Waals surface area contributed by atoms with Crippen LogP contribution in [-0.4, -0.2) is 45.4 Å². The summed E-state index contributed by atoms with van der Waals surface area (Å²) >= 11 is 0. The fraction of sp³-hybridized carbons (Fsp3) is 0.769. The van der Waals surface area contributed by atoms with E-state index >= 15 is 0 Å². The van der Waals surface area contributed by atoms with Crippen LogP contribution in [0.2, 0.25) is 0 Å². The Bertz CT molecular complexity index is 455. The topological polar surface area (TPSA) is 77.7 Å². The van der Waals surface area contributed by atoms with Crippen LogP contribution < -0.4 is 0 Å². The molecule has 1 aromatic heterocycles. The van der Waals surface area contributed by atoms with Gasteiger partial charge in [-0.05, 0) is 34.1 Å². The van der Waals surface area contributed by atoms with Gasteiger partial charge in [-0.15, -0.1) is 0 Å². The van der Waals surface area contributed by atoms with E-state index in [-0.39, 0.29) is 12.7 Å². The second kappa shape index (κ2) is 5.40. The second-order valence-corrected chi connectivity index (χ2v) is 6.24. The van der Waals surface area contributed by atoms with Crippen molar-refractivity contribution < 1.29 is 18.8 Å². The monoisotopic (exact) mass is 283 g/mol.